The molecule has 2 atom stereocenters. The van der Waals surface area contributed by atoms with Gasteiger partial charge in [0, 0.05) is 12.1 Å². The number of hydrogen-bond acceptors (Lipinski definition) is 4. The van der Waals surface area contributed by atoms with Gasteiger partial charge in [-0.2, -0.15) is 5.26 Å². The summed E-state index contributed by atoms with van der Waals surface area (Å²) in [6.45, 7) is 0.455. The molecule has 1 amide bonds. The molecular formula is C11H10BrFN4O. The van der Waals surface area contributed by atoms with Crippen molar-refractivity contribution in [3.8, 4) is 6.07 Å². The molecule has 1 aliphatic rings. The van der Waals surface area contributed by atoms with Crippen molar-refractivity contribution in [2.45, 2.75) is 6.17 Å². The van der Waals surface area contributed by atoms with Gasteiger partial charge in [-0.25, -0.2) is 9.82 Å². The number of hydrazine groups is 1. The molecule has 0 radical (unpaired) electrons. The lowest BCUT2D eigenvalue weighted by molar-refractivity contribution is 0.0926. The summed E-state index contributed by atoms with van der Waals surface area (Å²) in [6.07, 6.45) is -0.478. The molecular weight excluding hydrogens is 303 g/mol. The lowest BCUT2D eigenvalue weighted by atomic mass is 10.1. The van der Waals surface area contributed by atoms with E-state index >= 15 is 0 Å². The summed E-state index contributed by atoms with van der Waals surface area (Å²) < 4.78 is 13.6. The Bertz CT molecular complexity index is 516. The van der Waals surface area contributed by atoms with E-state index in [9.17, 15) is 9.18 Å². The fourth-order valence-corrected chi connectivity index (χ4v) is 1.86. The van der Waals surface area contributed by atoms with Crippen LogP contribution in [0, 0.1) is 23.1 Å². The van der Waals surface area contributed by atoms with E-state index in [4.69, 9.17) is 5.26 Å². The van der Waals surface area contributed by atoms with Crippen molar-refractivity contribution in [3.05, 3.63) is 34.1 Å². The van der Waals surface area contributed by atoms with Crippen molar-refractivity contribution in [3.63, 3.8) is 0 Å². The molecule has 1 aromatic carbocycles. The molecule has 1 aromatic rings. The highest BCUT2D eigenvalue weighted by Gasteiger charge is 2.28. The molecule has 94 valence electrons. The number of amides is 1. The maximum atomic E-state index is 13.3. The van der Waals surface area contributed by atoms with E-state index in [2.05, 4.69) is 38.2 Å². The molecule has 0 saturated carbocycles. The Morgan fingerprint density at radius 1 is 1.61 bits per heavy atom. The van der Waals surface area contributed by atoms with Gasteiger partial charge in [-0.05, 0) is 34.1 Å². The van der Waals surface area contributed by atoms with Crippen LogP contribution in [-0.2, 0) is 0 Å². The first-order valence-corrected chi connectivity index (χ1v) is 6.05. The zero-order valence-corrected chi connectivity index (χ0v) is 10.8. The van der Waals surface area contributed by atoms with Gasteiger partial charge in [0.25, 0.3) is 5.91 Å². The van der Waals surface area contributed by atoms with Crippen molar-refractivity contribution in [2.24, 2.45) is 5.92 Å². The van der Waals surface area contributed by atoms with Gasteiger partial charge >= 0.3 is 0 Å². The minimum Gasteiger partial charge on any atom is -0.334 e. The predicted molar refractivity (Wildman–Crippen MR) is 65.6 cm³/mol. The molecule has 2 unspecified atom stereocenters. The largest absolute Gasteiger partial charge is 0.334 e. The standard InChI is InChI=1S/C11H10BrFN4O/c12-8-2-1-6(3-9(8)13)11(18)16-10-7(4-14)5-15-17-10/h1-3,7,10,15,17H,5H2,(H,16,18). The Kier molecular flexibility index (Phi) is 3.91. The smallest absolute Gasteiger partial charge is 0.252 e. The highest BCUT2D eigenvalue weighted by Crippen LogP contribution is 2.16. The summed E-state index contributed by atoms with van der Waals surface area (Å²) in [5.41, 5.74) is 5.77. The van der Waals surface area contributed by atoms with Crippen LogP contribution < -0.4 is 16.2 Å². The second kappa shape index (κ2) is 5.44. The molecule has 3 N–H and O–H groups in total. The molecule has 0 aliphatic carbocycles. The number of halogens is 2. The Morgan fingerprint density at radius 3 is 3.06 bits per heavy atom. The van der Waals surface area contributed by atoms with Crippen LogP contribution in [0.15, 0.2) is 22.7 Å². The molecule has 5 nitrogen and oxygen atoms in total. The molecule has 2 rings (SSSR count). The number of nitrogens with one attached hydrogen (secondary N) is 3. The lowest BCUT2D eigenvalue weighted by Crippen LogP contribution is -2.46. The summed E-state index contributed by atoms with van der Waals surface area (Å²) in [7, 11) is 0. The van der Waals surface area contributed by atoms with Crippen LogP contribution in [0.1, 0.15) is 10.4 Å². The van der Waals surface area contributed by atoms with E-state index in [0.717, 1.165) is 6.07 Å². The average Bonchev–Trinajstić information content (AvgIpc) is 2.79. The van der Waals surface area contributed by atoms with Crippen molar-refractivity contribution in [1.29, 1.82) is 5.26 Å². The van der Waals surface area contributed by atoms with Gasteiger partial charge in [0.15, 0.2) is 0 Å². The number of nitriles is 1. The first-order chi connectivity index (χ1) is 8.61. The first kappa shape index (κ1) is 13.0. The minimum atomic E-state index is -0.503. The minimum absolute atomic E-state index is 0.209. The summed E-state index contributed by atoms with van der Waals surface area (Å²) in [6, 6.07) is 6.18. The van der Waals surface area contributed by atoms with Crippen LogP contribution in [-0.4, -0.2) is 18.6 Å². The third kappa shape index (κ3) is 2.67. The fraction of sp³-hybridized carbons (Fsp3) is 0.273. The van der Waals surface area contributed by atoms with Crippen molar-refractivity contribution in [1.82, 2.24) is 16.2 Å². The molecule has 1 aliphatic heterocycles. The summed E-state index contributed by atoms with van der Waals surface area (Å²) in [4.78, 5) is 11.9. The van der Waals surface area contributed by atoms with Gasteiger partial charge in [-0.1, -0.05) is 0 Å². The lowest BCUT2D eigenvalue weighted by Gasteiger charge is -2.15. The second-order valence-electron chi connectivity index (χ2n) is 3.84. The van der Waals surface area contributed by atoms with Crippen LogP contribution in [0.4, 0.5) is 4.39 Å². The molecule has 7 heteroatoms. The second-order valence-corrected chi connectivity index (χ2v) is 4.70. The zero-order valence-electron chi connectivity index (χ0n) is 9.21. The van der Waals surface area contributed by atoms with Crippen LogP contribution >= 0.6 is 15.9 Å². The monoisotopic (exact) mass is 312 g/mol. The van der Waals surface area contributed by atoms with Crippen LogP contribution in [0.2, 0.25) is 0 Å². The molecule has 0 bridgehead atoms. The van der Waals surface area contributed by atoms with Crippen LogP contribution in [0.25, 0.3) is 0 Å². The van der Waals surface area contributed by atoms with E-state index in [-0.39, 0.29) is 11.5 Å². The quantitative estimate of drug-likeness (QED) is 0.758. The van der Waals surface area contributed by atoms with Crippen LogP contribution in [0.3, 0.4) is 0 Å². The van der Waals surface area contributed by atoms with Gasteiger partial charge in [0.1, 0.15) is 12.0 Å². The Labute approximate surface area is 111 Å². The predicted octanol–water partition coefficient (Wildman–Crippen LogP) is 0.892. The molecule has 1 saturated heterocycles. The average molecular weight is 313 g/mol. The SMILES string of the molecule is N#CC1CNNC1NC(=O)c1ccc(Br)c(F)c1. The van der Waals surface area contributed by atoms with E-state index in [1.54, 1.807) is 0 Å². The topological polar surface area (TPSA) is 77.0 Å². The van der Waals surface area contributed by atoms with E-state index < -0.39 is 17.9 Å². The molecule has 18 heavy (non-hydrogen) atoms. The highest BCUT2D eigenvalue weighted by atomic mass is 79.9. The van der Waals surface area contributed by atoms with Gasteiger partial charge in [0.2, 0.25) is 0 Å². The van der Waals surface area contributed by atoms with Gasteiger partial charge in [-0.3, -0.25) is 10.2 Å². The zero-order chi connectivity index (χ0) is 13.1. The summed E-state index contributed by atoms with van der Waals surface area (Å²) in [5.74, 6) is -1.28. The first-order valence-electron chi connectivity index (χ1n) is 5.25. The maximum Gasteiger partial charge on any atom is 0.252 e. The Hall–Kier alpha value is -1.49. The maximum absolute atomic E-state index is 13.3. The Morgan fingerprint density at radius 2 is 2.39 bits per heavy atom. The van der Waals surface area contributed by atoms with E-state index in [1.165, 1.54) is 12.1 Å². The number of hydrogen-bond donors (Lipinski definition) is 3. The molecule has 1 fully saturated rings. The van der Waals surface area contributed by atoms with Gasteiger partial charge in [-0.15, -0.1) is 0 Å². The summed E-state index contributed by atoms with van der Waals surface area (Å²) >= 11 is 3.02. The number of carbonyl (C=O) groups excluding carboxylic acids is 1. The van der Waals surface area contributed by atoms with E-state index in [1.807, 2.05) is 0 Å². The highest BCUT2D eigenvalue weighted by molar-refractivity contribution is 9.10. The number of rotatable bonds is 2. The van der Waals surface area contributed by atoms with Crippen molar-refractivity contribution >= 4 is 21.8 Å². The number of benzene rings is 1. The fourth-order valence-electron chi connectivity index (χ4n) is 1.62. The van der Waals surface area contributed by atoms with Gasteiger partial charge in [0.05, 0.1) is 16.5 Å². The van der Waals surface area contributed by atoms with Crippen molar-refractivity contribution in [2.75, 3.05) is 6.54 Å². The van der Waals surface area contributed by atoms with Crippen molar-refractivity contribution < 1.29 is 9.18 Å². The van der Waals surface area contributed by atoms with E-state index in [0.29, 0.717) is 11.0 Å². The third-order valence-electron chi connectivity index (χ3n) is 2.62. The van der Waals surface area contributed by atoms with Crippen LogP contribution in [0.5, 0.6) is 0 Å². The third-order valence-corrected chi connectivity index (χ3v) is 3.26. The normalized spacial score (nSPS) is 22.5. The number of carbonyl (C=O) groups is 1. The molecule has 0 aromatic heterocycles. The Balaban J connectivity index is 2.08. The van der Waals surface area contributed by atoms with Gasteiger partial charge < -0.3 is 5.32 Å². The molecule has 0 spiro atoms. The molecule has 1 heterocycles. The number of nitrogens with zero attached hydrogens (tertiary/aromatic N) is 1. The summed E-state index contributed by atoms with van der Waals surface area (Å²) in [5, 5.41) is 11.5.